The van der Waals surface area contributed by atoms with E-state index in [1.165, 1.54) is 6.08 Å². The van der Waals surface area contributed by atoms with Crippen molar-refractivity contribution in [2.75, 3.05) is 12.4 Å². The van der Waals surface area contributed by atoms with Crippen LogP contribution < -0.4 is 0 Å². The van der Waals surface area contributed by atoms with E-state index in [0.29, 0.717) is 30.8 Å². The van der Waals surface area contributed by atoms with Crippen LogP contribution in [0.25, 0.3) is 0 Å². The molecule has 0 aromatic heterocycles. The molecule has 1 aliphatic heterocycles. The molecule has 0 bridgehead atoms. The molecular weight excluding hydrogens is 246 g/mol. The standard InChI is InChI=1S/C15H22ClNO/c1-4-5-8-15(18)11-13(2)17(14(3)12-15)10-7-6-9-16/h4,6-7,13-14,18H,1,9-12H2,2-3H3. The summed E-state index contributed by atoms with van der Waals surface area (Å²) in [4.78, 5) is 2.37. The smallest absolute Gasteiger partial charge is 0.128 e. The first kappa shape index (κ1) is 15.3. The molecule has 0 aromatic carbocycles. The van der Waals surface area contributed by atoms with Crippen LogP contribution in [0.5, 0.6) is 0 Å². The average Bonchev–Trinajstić information content (AvgIpc) is 2.30. The number of hydrogen-bond acceptors (Lipinski definition) is 2. The lowest BCUT2D eigenvalue weighted by molar-refractivity contribution is -0.0235. The predicted molar refractivity (Wildman–Crippen MR) is 77.6 cm³/mol. The van der Waals surface area contributed by atoms with Gasteiger partial charge >= 0.3 is 0 Å². The van der Waals surface area contributed by atoms with E-state index in [9.17, 15) is 5.11 Å². The molecule has 0 spiro atoms. The molecule has 2 unspecified atom stereocenters. The molecule has 3 heteroatoms. The van der Waals surface area contributed by atoms with E-state index in [2.05, 4.69) is 43.2 Å². The summed E-state index contributed by atoms with van der Waals surface area (Å²) in [6, 6.07) is 0.607. The van der Waals surface area contributed by atoms with E-state index in [1.54, 1.807) is 0 Å². The van der Waals surface area contributed by atoms with Crippen molar-refractivity contribution in [3.63, 3.8) is 0 Å². The third-order valence-electron chi connectivity index (χ3n) is 3.38. The van der Waals surface area contributed by atoms with Crippen LogP contribution in [0.3, 0.4) is 0 Å². The SMILES string of the molecule is C=CC#CC1(O)CC(C)N(CC=CCCl)C(C)C1. The number of likely N-dealkylation sites (tertiary alicyclic amines) is 1. The Hall–Kier alpha value is -0.750. The van der Waals surface area contributed by atoms with Crippen molar-refractivity contribution in [3.05, 3.63) is 24.8 Å². The zero-order valence-electron chi connectivity index (χ0n) is 11.2. The van der Waals surface area contributed by atoms with Crippen molar-refractivity contribution in [1.29, 1.82) is 0 Å². The maximum atomic E-state index is 10.4. The van der Waals surface area contributed by atoms with E-state index < -0.39 is 5.60 Å². The highest BCUT2D eigenvalue weighted by Crippen LogP contribution is 2.30. The maximum absolute atomic E-state index is 10.4. The number of alkyl halides is 1. The Labute approximate surface area is 115 Å². The van der Waals surface area contributed by atoms with Gasteiger partial charge in [-0.05, 0) is 19.9 Å². The summed E-state index contributed by atoms with van der Waals surface area (Å²) in [5.41, 5.74) is -0.875. The Morgan fingerprint density at radius 1 is 1.39 bits per heavy atom. The van der Waals surface area contributed by atoms with Gasteiger partial charge < -0.3 is 5.11 Å². The van der Waals surface area contributed by atoms with Crippen LogP contribution >= 0.6 is 11.6 Å². The molecule has 0 aliphatic carbocycles. The first-order valence-electron chi connectivity index (χ1n) is 6.35. The largest absolute Gasteiger partial charge is 0.377 e. The number of piperidine rings is 1. The number of halogens is 1. The Morgan fingerprint density at radius 3 is 2.50 bits per heavy atom. The molecule has 0 amide bonds. The van der Waals surface area contributed by atoms with Gasteiger partial charge in [0.25, 0.3) is 0 Å². The maximum Gasteiger partial charge on any atom is 0.128 e. The third kappa shape index (κ3) is 4.17. The fraction of sp³-hybridized carbons (Fsp3) is 0.600. The van der Waals surface area contributed by atoms with Crippen LogP contribution in [0.15, 0.2) is 24.8 Å². The van der Waals surface area contributed by atoms with Crippen molar-refractivity contribution >= 4 is 11.6 Å². The second-order valence-electron chi connectivity index (χ2n) is 4.93. The Bertz CT molecular complexity index is 354. The molecule has 18 heavy (non-hydrogen) atoms. The third-order valence-corrected chi connectivity index (χ3v) is 3.56. The Balaban J connectivity index is 2.70. The monoisotopic (exact) mass is 267 g/mol. The number of aliphatic hydroxyl groups is 1. The van der Waals surface area contributed by atoms with Crippen LogP contribution in [0.4, 0.5) is 0 Å². The molecule has 2 atom stereocenters. The molecule has 0 radical (unpaired) electrons. The van der Waals surface area contributed by atoms with E-state index in [1.807, 2.05) is 6.08 Å². The van der Waals surface area contributed by atoms with Gasteiger partial charge in [0.15, 0.2) is 0 Å². The van der Waals surface area contributed by atoms with Crippen molar-refractivity contribution in [3.8, 4) is 11.8 Å². The van der Waals surface area contributed by atoms with Gasteiger partial charge in [0.1, 0.15) is 5.60 Å². The van der Waals surface area contributed by atoms with E-state index in [-0.39, 0.29) is 0 Å². The number of allylic oxidation sites excluding steroid dienone is 2. The summed E-state index contributed by atoms with van der Waals surface area (Å²) in [7, 11) is 0. The Kier molecular flexibility index (Phi) is 5.95. The lowest BCUT2D eigenvalue weighted by Gasteiger charge is -2.44. The van der Waals surface area contributed by atoms with Crippen molar-refractivity contribution in [1.82, 2.24) is 4.90 Å². The van der Waals surface area contributed by atoms with E-state index in [4.69, 9.17) is 11.6 Å². The van der Waals surface area contributed by atoms with E-state index >= 15 is 0 Å². The predicted octanol–water partition coefficient (Wildman–Crippen LogP) is 2.57. The lowest BCUT2D eigenvalue weighted by atomic mass is 9.83. The molecule has 1 N–H and O–H groups in total. The highest BCUT2D eigenvalue weighted by molar-refractivity contribution is 6.18. The van der Waals surface area contributed by atoms with Crippen LogP contribution in [0.1, 0.15) is 26.7 Å². The molecular formula is C15H22ClNO. The topological polar surface area (TPSA) is 23.5 Å². The molecule has 0 saturated carbocycles. The fourth-order valence-electron chi connectivity index (χ4n) is 2.64. The minimum absolute atomic E-state index is 0.304. The number of rotatable bonds is 3. The van der Waals surface area contributed by atoms with Crippen LogP contribution in [0, 0.1) is 11.8 Å². The van der Waals surface area contributed by atoms with Crippen molar-refractivity contribution in [2.45, 2.75) is 44.4 Å². The highest BCUT2D eigenvalue weighted by atomic mass is 35.5. The first-order valence-corrected chi connectivity index (χ1v) is 6.88. The molecule has 1 rings (SSSR count). The summed E-state index contributed by atoms with van der Waals surface area (Å²) < 4.78 is 0. The van der Waals surface area contributed by atoms with Gasteiger partial charge in [0.05, 0.1) is 0 Å². The second kappa shape index (κ2) is 6.99. The summed E-state index contributed by atoms with van der Waals surface area (Å²) in [5.74, 6) is 6.25. The first-order chi connectivity index (χ1) is 8.52. The second-order valence-corrected chi connectivity index (χ2v) is 5.24. The van der Waals surface area contributed by atoms with Crippen molar-refractivity contribution < 1.29 is 5.11 Å². The normalized spacial score (nSPS) is 33.1. The molecule has 100 valence electrons. The average molecular weight is 268 g/mol. The molecule has 1 saturated heterocycles. The van der Waals surface area contributed by atoms with Crippen LogP contribution in [-0.2, 0) is 0 Å². The van der Waals surface area contributed by atoms with E-state index in [0.717, 1.165) is 6.54 Å². The molecule has 0 aromatic rings. The zero-order valence-corrected chi connectivity index (χ0v) is 12.0. The van der Waals surface area contributed by atoms with Gasteiger partial charge in [-0.1, -0.05) is 30.6 Å². The van der Waals surface area contributed by atoms with Crippen molar-refractivity contribution in [2.24, 2.45) is 0 Å². The number of nitrogens with zero attached hydrogens (tertiary/aromatic N) is 1. The fourth-order valence-corrected chi connectivity index (χ4v) is 2.76. The highest BCUT2D eigenvalue weighted by Gasteiger charge is 2.38. The minimum Gasteiger partial charge on any atom is -0.377 e. The molecule has 1 aliphatic rings. The number of hydrogen-bond donors (Lipinski definition) is 1. The summed E-state index contributed by atoms with van der Waals surface area (Å²) in [5, 5.41) is 10.4. The molecule has 1 heterocycles. The van der Waals surface area contributed by atoms with Gasteiger partial charge in [0.2, 0.25) is 0 Å². The van der Waals surface area contributed by atoms with Gasteiger partial charge in [-0.3, -0.25) is 4.90 Å². The molecule has 1 fully saturated rings. The van der Waals surface area contributed by atoms with Crippen LogP contribution in [0.2, 0.25) is 0 Å². The van der Waals surface area contributed by atoms with Crippen LogP contribution in [-0.4, -0.2) is 40.1 Å². The lowest BCUT2D eigenvalue weighted by Crippen LogP contribution is -2.53. The summed E-state index contributed by atoms with van der Waals surface area (Å²) in [6.45, 7) is 8.70. The van der Waals surface area contributed by atoms with Gasteiger partial charge in [-0.2, -0.15) is 0 Å². The quantitative estimate of drug-likeness (QED) is 0.483. The summed E-state index contributed by atoms with van der Waals surface area (Å²) >= 11 is 5.62. The zero-order chi connectivity index (χ0) is 13.6. The van der Waals surface area contributed by atoms with Gasteiger partial charge in [-0.25, -0.2) is 0 Å². The van der Waals surface area contributed by atoms with Gasteiger partial charge in [-0.15, -0.1) is 11.6 Å². The minimum atomic E-state index is -0.875. The van der Waals surface area contributed by atoms with Gasteiger partial charge in [0, 0.05) is 37.4 Å². The Morgan fingerprint density at radius 2 is 2.00 bits per heavy atom. The summed E-state index contributed by atoms with van der Waals surface area (Å²) in [6.07, 6.45) is 6.92. The molecule has 2 nitrogen and oxygen atoms in total.